The number of ether oxygens (including phenoxy) is 1. The summed E-state index contributed by atoms with van der Waals surface area (Å²) in [6, 6.07) is 9.88. The lowest BCUT2D eigenvalue weighted by Gasteiger charge is -2.22. The van der Waals surface area contributed by atoms with Crippen LogP contribution in [0.2, 0.25) is 0 Å². The Bertz CT molecular complexity index is 645. The van der Waals surface area contributed by atoms with Crippen molar-refractivity contribution in [2.45, 2.75) is 26.0 Å². The largest absolute Gasteiger partial charge is 0.375 e. The fourth-order valence-electron chi connectivity index (χ4n) is 2.47. The van der Waals surface area contributed by atoms with Gasteiger partial charge in [0.25, 0.3) is 0 Å². The van der Waals surface area contributed by atoms with E-state index in [1.165, 1.54) is 5.56 Å². The molecule has 2 aromatic rings. The second kappa shape index (κ2) is 7.39. The standard InChI is InChI=1S/C17H21N3O3/c1-12-2-4-13(5-3-12)16-8-14(20-23-16)10-19-17(21)9-15-11-18-6-7-22-15/h2-5,8,15,18H,6-7,9-11H2,1H3,(H,19,21)/t15-/m1/s1. The van der Waals surface area contributed by atoms with E-state index in [0.29, 0.717) is 31.0 Å². The summed E-state index contributed by atoms with van der Waals surface area (Å²) >= 11 is 0. The molecule has 1 aromatic carbocycles. The molecule has 6 nitrogen and oxygen atoms in total. The molecule has 1 saturated heterocycles. The molecule has 1 aliphatic rings. The molecule has 1 atom stereocenters. The molecule has 0 saturated carbocycles. The van der Waals surface area contributed by atoms with Crippen LogP contribution >= 0.6 is 0 Å². The van der Waals surface area contributed by atoms with Crippen LogP contribution in [0.5, 0.6) is 0 Å². The van der Waals surface area contributed by atoms with Crippen molar-refractivity contribution in [3.8, 4) is 11.3 Å². The molecule has 0 unspecified atom stereocenters. The SMILES string of the molecule is Cc1ccc(-c2cc(CNC(=O)C[C@@H]3CNCCO3)no2)cc1. The lowest BCUT2D eigenvalue weighted by molar-refractivity contribution is -0.124. The van der Waals surface area contributed by atoms with Crippen molar-refractivity contribution in [3.05, 3.63) is 41.6 Å². The minimum absolute atomic E-state index is 0.0430. The molecule has 3 rings (SSSR count). The average Bonchev–Trinajstić information content (AvgIpc) is 3.04. The van der Waals surface area contributed by atoms with Gasteiger partial charge in [-0.25, -0.2) is 0 Å². The minimum Gasteiger partial charge on any atom is -0.375 e. The van der Waals surface area contributed by atoms with Gasteiger partial charge in [0.2, 0.25) is 5.91 Å². The maximum atomic E-state index is 11.9. The lowest BCUT2D eigenvalue weighted by Crippen LogP contribution is -2.41. The van der Waals surface area contributed by atoms with Crippen molar-refractivity contribution in [1.29, 1.82) is 0 Å². The summed E-state index contributed by atoms with van der Waals surface area (Å²) in [5.74, 6) is 0.660. The monoisotopic (exact) mass is 315 g/mol. The summed E-state index contributed by atoms with van der Waals surface area (Å²) in [6.07, 6.45) is 0.305. The Balaban J connectivity index is 1.50. The highest BCUT2D eigenvalue weighted by Gasteiger charge is 2.17. The van der Waals surface area contributed by atoms with E-state index in [9.17, 15) is 4.79 Å². The first-order chi connectivity index (χ1) is 11.2. The normalized spacial score (nSPS) is 17.9. The van der Waals surface area contributed by atoms with Gasteiger partial charge in [-0.1, -0.05) is 35.0 Å². The second-order valence-corrected chi connectivity index (χ2v) is 5.73. The van der Waals surface area contributed by atoms with Crippen LogP contribution in [0.15, 0.2) is 34.9 Å². The zero-order valence-electron chi connectivity index (χ0n) is 13.2. The van der Waals surface area contributed by atoms with Crippen LogP contribution in [-0.4, -0.2) is 36.9 Å². The van der Waals surface area contributed by atoms with Crippen LogP contribution in [-0.2, 0) is 16.1 Å². The van der Waals surface area contributed by atoms with E-state index in [-0.39, 0.29) is 12.0 Å². The average molecular weight is 315 g/mol. The van der Waals surface area contributed by atoms with E-state index in [4.69, 9.17) is 9.26 Å². The highest BCUT2D eigenvalue weighted by molar-refractivity contribution is 5.76. The molecule has 6 heteroatoms. The Morgan fingerprint density at radius 1 is 1.39 bits per heavy atom. The minimum atomic E-state index is -0.0517. The third kappa shape index (κ3) is 4.40. The van der Waals surface area contributed by atoms with Crippen molar-refractivity contribution >= 4 is 5.91 Å². The zero-order valence-corrected chi connectivity index (χ0v) is 13.2. The molecule has 0 aliphatic carbocycles. The molecule has 2 N–H and O–H groups in total. The van der Waals surface area contributed by atoms with Gasteiger partial charge in [-0.2, -0.15) is 0 Å². The molecular formula is C17H21N3O3. The van der Waals surface area contributed by atoms with Gasteiger partial charge in [0.1, 0.15) is 5.69 Å². The number of morpholine rings is 1. The van der Waals surface area contributed by atoms with Crippen LogP contribution in [0, 0.1) is 6.92 Å². The number of aryl methyl sites for hydroxylation is 1. The third-order valence-corrected chi connectivity index (χ3v) is 3.78. The molecular weight excluding hydrogens is 294 g/mol. The van der Waals surface area contributed by atoms with E-state index in [1.807, 2.05) is 37.3 Å². The predicted octanol–water partition coefficient (Wildman–Crippen LogP) is 1.64. The maximum absolute atomic E-state index is 11.9. The van der Waals surface area contributed by atoms with Gasteiger partial charge >= 0.3 is 0 Å². The van der Waals surface area contributed by atoms with Crippen molar-refractivity contribution in [2.24, 2.45) is 0 Å². The fourth-order valence-corrected chi connectivity index (χ4v) is 2.47. The Morgan fingerprint density at radius 2 is 2.22 bits per heavy atom. The number of carbonyl (C=O) groups is 1. The highest BCUT2D eigenvalue weighted by Crippen LogP contribution is 2.20. The Kier molecular flexibility index (Phi) is 5.05. The van der Waals surface area contributed by atoms with Crippen molar-refractivity contribution in [2.75, 3.05) is 19.7 Å². The van der Waals surface area contributed by atoms with Crippen molar-refractivity contribution in [3.63, 3.8) is 0 Å². The van der Waals surface area contributed by atoms with Gasteiger partial charge in [0, 0.05) is 24.7 Å². The van der Waals surface area contributed by atoms with Gasteiger partial charge < -0.3 is 19.9 Å². The Hall–Kier alpha value is -2.18. The van der Waals surface area contributed by atoms with E-state index in [1.54, 1.807) is 0 Å². The van der Waals surface area contributed by atoms with Gasteiger partial charge in [-0.15, -0.1) is 0 Å². The van der Waals surface area contributed by atoms with Gasteiger partial charge in [-0.3, -0.25) is 4.79 Å². The van der Waals surface area contributed by atoms with Crippen LogP contribution in [0.25, 0.3) is 11.3 Å². The fraction of sp³-hybridized carbons (Fsp3) is 0.412. The van der Waals surface area contributed by atoms with Crippen molar-refractivity contribution in [1.82, 2.24) is 15.8 Å². The summed E-state index contributed by atoms with van der Waals surface area (Å²) in [5.41, 5.74) is 2.87. The smallest absolute Gasteiger partial charge is 0.222 e. The first kappa shape index (κ1) is 15.7. The van der Waals surface area contributed by atoms with Gasteiger partial charge in [0.15, 0.2) is 5.76 Å². The predicted molar refractivity (Wildman–Crippen MR) is 85.7 cm³/mol. The number of nitrogens with zero attached hydrogens (tertiary/aromatic N) is 1. The molecule has 23 heavy (non-hydrogen) atoms. The molecule has 1 fully saturated rings. The number of aromatic nitrogens is 1. The Labute approximate surface area is 135 Å². The topological polar surface area (TPSA) is 76.4 Å². The molecule has 122 valence electrons. The van der Waals surface area contributed by atoms with Crippen molar-refractivity contribution < 1.29 is 14.1 Å². The third-order valence-electron chi connectivity index (χ3n) is 3.78. The molecule has 1 aliphatic heterocycles. The van der Waals surface area contributed by atoms with E-state index >= 15 is 0 Å². The summed E-state index contributed by atoms with van der Waals surface area (Å²) in [7, 11) is 0. The number of hydrogen-bond acceptors (Lipinski definition) is 5. The molecule has 0 bridgehead atoms. The molecule has 1 aromatic heterocycles. The van der Waals surface area contributed by atoms with E-state index < -0.39 is 0 Å². The van der Waals surface area contributed by atoms with E-state index in [0.717, 1.165) is 18.7 Å². The lowest BCUT2D eigenvalue weighted by atomic mass is 10.1. The van der Waals surface area contributed by atoms with Crippen LogP contribution in [0.1, 0.15) is 17.7 Å². The summed E-state index contributed by atoms with van der Waals surface area (Å²) < 4.78 is 10.9. The number of rotatable bonds is 5. The second-order valence-electron chi connectivity index (χ2n) is 5.73. The highest BCUT2D eigenvalue weighted by atomic mass is 16.5. The number of amides is 1. The van der Waals surface area contributed by atoms with Gasteiger partial charge in [-0.05, 0) is 6.92 Å². The maximum Gasteiger partial charge on any atom is 0.222 e. The van der Waals surface area contributed by atoms with Crippen LogP contribution < -0.4 is 10.6 Å². The van der Waals surface area contributed by atoms with Crippen LogP contribution in [0.3, 0.4) is 0 Å². The molecule has 0 radical (unpaired) electrons. The molecule has 2 heterocycles. The number of nitrogens with one attached hydrogen (secondary N) is 2. The first-order valence-electron chi connectivity index (χ1n) is 7.82. The first-order valence-corrected chi connectivity index (χ1v) is 7.82. The summed E-state index contributed by atoms with van der Waals surface area (Å²) in [5, 5.41) is 10.1. The quantitative estimate of drug-likeness (QED) is 0.877. The Morgan fingerprint density at radius 3 is 2.96 bits per heavy atom. The number of carbonyl (C=O) groups excluding carboxylic acids is 1. The summed E-state index contributed by atoms with van der Waals surface area (Å²) in [4.78, 5) is 11.9. The zero-order chi connectivity index (χ0) is 16.1. The number of hydrogen-bond donors (Lipinski definition) is 2. The van der Waals surface area contributed by atoms with Gasteiger partial charge in [0.05, 0.1) is 25.7 Å². The van der Waals surface area contributed by atoms with E-state index in [2.05, 4.69) is 15.8 Å². The molecule has 0 spiro atoms. The summed E-state index contributed by atoms with van der Waals surface area (Å²) in [6.45, 7) is 4.61. The van der Waals surface area contributed by atoms with Crippen LogP contribution in [0.4, 0.5) is 0 Å². The molecule has 1 amide bonds. The number of benzene rings is 1.